The Bertz CT molecular complexity index is 572. The number of carboxylic acids is 1. The lowest BCUT2D eigenvalue weighted by Gasteiger charge is -2.25. The van der Waals surface area contributed by atoms with Crippen LogP contribution in [0.5, 0.6) is 0 Å². The van der Waals surface area contributed by atoms with E-state index in [9.17, 15) is 14.0 Å². The molecule has 114 valence electrons. The zero-order valence-corrected chi connectivity index (χ0v) is 12.7. The summed E-state index contributed by atoms with van der Waals surface area (Å²) >= 11 is 7.07. The number of thioether (sulfide) groups is 1. The number of aliphatic carboxylic acids is 1. The molecule has 1 aromatic carbocycles. The van der Waals surface area contributed by atoms with Gasteiger partial charge in [-0.1, -0.05) is 17.7 Å². The smallest absolute Gasteiger partial charge is 0.327 e. The molecule has 2 rings (SSSR count). The van der Waals surface area contributed by atoms with Crippen molar-refractivity contribution in [3.63, 3.8) is 0 Å². The molecule has 0 spiro atoms. The molecule has 0 radical (unpaired) electrons. The van der Waals surface area contributed by atoms with Crippen molar-refractivity contribution in [1.82, 2.24) is 10.2 Å². The van der Waals surface area contributed by atoms with Gasteiger partial charge in [0, 0.05) is 12.3 Å². The molecule has 21 heavy (non-hydrogen) atoms. The number of hydrogen-bond acceptors (Lipinski definition) is 3. The molecule has 1 aliphatic rings. The fraction of sp³-hybridized carbons (Fsp3) is 0.385. The van der Waals surface area contributed by atoms with Crippen LogP contribution in [0.1, 0.15) is 12.5 Å². The van der Waals surface area contributed by atoms with Gasteiger partial charge in [-0.25, -0.2) is 14.0 Å². The van der Waals surface area contributed by atoms with Gasteiger partial charge in [0.15, 0.2) is 0 Å². The Morgan fingerprint density at radius 3 is 2.90 bits per heavy atom. The number of amides is 2. The van der Waals surface area contributed by atoms with E-state index in [1.54, 1.807) is 6.92 Å². The van der Waals surface area contributed by atoms with E-state index in [0.717, 1.165) is 0 Å². The first-order chi connectivity index (χ1) is 9.90. The number of rotatable bonds is 3. The molecule has 1 heterocycles. The van der Waals surface area contributed by atoms with Crippen LogP contribution in [-0.4, -0.2) is 39.2 Å². The Morgan fingerprint density at radius 1 is 1.57 bits per heavy atom. The van der Waals surface area contributed by atoms with Gasteiger partial charge in [0.25, 0.3) is 0 Å². The largest absolute Gasteiger partial charge is 0.480 e. The van der Waals surface area contributed by atoms with E-state index in [1.807, 2.05) is 0 Å². The molecule has 0 aromatic heterocycles. The lowest BCUT2D eigenvalue weighted by Crippen LogP contribution is -2.49. The third-order valence-corrected chi connectivity index (χ3v) is 4.68. The summed E-state index contributed by atoms with van der Waals surface area (Å²) in [5.41, 5.74) is 0.640. The van der Waals surface area contributed by atoms with Crippen molar-refractivity contribution >= 4 is 35.4 Å². The zero-order chi connectivity index (χ0) is 15.6. The summed E-state index contributed by atoms with van der Waals surface area (Å²) in [5.74, 6) is -1.18. The van der Waals surface area contributed by atoms with Gasteiger partial charge in [0.05, 0.1) is 10.4 Å². The molecule has 5 nitrogen and oxygen atoms in total. The minimum absolute atomic E-state index is 0.0183. The molecule has 1 saturated heterocycles. The average molecular weight is 333 g/mol. The summed E-state index contributed by atoms with van der Waals surface area (Å²) < 4.78 is 13.0. The molecule has 2 atom stereocenters. The number of benzene rings is 1. The van der Waals surface area contributed by atoms with Crippen molar-refractivity contribution in [2.45, 2.75) is 24.9 Å². The zero-order valence-electron chi connectivity index (χ0n) is 11.2. The monoisotopic (exact) mass is 332 g/mol. The van der Waals surface area contributed by atoms with Crippen molar-refractivity contribution in [3.05, 3.63) is 34.6 Å². The van der Waals surface area contributed by atoms with Crippen LogP contribution in [0.15, 0.2) is 18.2 Å². The van der Waals surface area contributed by atoms with Crippen molar-refractivity contribution < 1.29 is 19.1 Å². The van der Waals surface area contributed by atoms with Gasteiger partial charge < -0.3 is 10.4 Å². The Morgan fingerprint density at radius 2 is 2.29 bits per heavy atom. The van der Waals surface area contributed by atoms with Crippen LogP contribution in [0.25, 0.3) is 0 Å². The molecule has 0 aliphatic carbocycles. The number of nitrogens with zero attached hydrogens (tertiary/aromatic N) is 1. The summed E-state index contributed by atoms with van der Waals surface area (Å²) in [4.78, 5) is 24.6. The van der Waals surface area contributed by atoms with E-state index in [4.69, 9.17) is 16.7 Å². The second-order valence-corrected chi connectivity index (χ2v) is 6.36. The lowest BCUT2D eigenvalue weighted by atomic mass is 10.2. The summed E-state index contributed by atoms with van der Waals surface area (Å²) in [6.45, 7) is 1.93. The minimum atomic E-state index is -1.02. The third kappa shape index (κ3) is 3.59. The molecular weight excluding hydrogens is 319 g/mol. The standard InChI is InChI=1S/C13H14ClFN2O3S/c1-7-17(11(6-21-7)12(18)19)13(20)16-5-8-2-3-10(15)9(14)4-8/h2-4,7,11H,5-6H2,1H3,(H,16,20)(H,18,19). The predicted molar refractivity (Wildman–Crippen MR) is 78.8 cm³/mol. The Labute approximate surface area is 130 Å². The van der Waals surface area contributed by atoms with Crippen molar-refractivity contribution in [2.24, 2.45) is 0 Å². The normalized spacial score (nSPS) is 21.4. The van der Waals surface area contributed by atoms with Gasteiger partial charge in [-0.3, -0.25) is 4.90 Å². The van der Waals surface area contributed by atoms with Crippen molar-refractivity contribution in [1.29, 1.82) is 0 Å². The highest BCUT2D eigenvalue weighted by atomic mass is 35.5. The van der Waals surface area contributed by atoms with Crippen LogP contribution >= 0.6 is 23.4 Å². The second-order valence-electron chi connectivity index (χ2n) is 4.60. The molecule has 1 fully saturated rings. The maximum atomic E-state index is 13.0. The number of carboxylic acid groups (broad SMARTS) is 1. The van der Waals surface area contributed by atoms with Crippen LogP contribution < -0.4 is 5.32 Å². The lowest BCUT2D eigenvalue weighted by molar-refractivity contribution is -0.141. The van der Waals surface area contributed by atoms with Crippen LogP contribution in [0.4, 0.5) is 9.18 Å². The molecule has 0 bridgehead atoms. The van der Waals surface area contributed by atoms with Crippen LogP contribution in [0, 0.1) is 5.82 Å². The van der Waals surface area contributed by atoms with E-state index in [2.05, 4.69) is 5.32 Å². The number of halogens is 2. The molecule has 2 amide bonds. The van der Waals surface area contributed by atoms with E-state index >= 15 is 0 Å². The van der Waals surface area contributed by atoms with Crippen molar-refractivity contribution in [3.8, 4) is 0 Å². The fourth-order valence-electron chi connectivity index (χ4n) is 2.06. The van der Waals surface area contributed by atoms with Gasteiger partial charge in [-0.2, -0.15) is 0 Å². The summed E-state index contributed by atoms with van der Waals surface area (Å²) in [6.07, 6.45) is 0. The fourth-order valence-corrected chi connectivity index (χ4v) is 3.43. The van der Waals surface area contributed by atoms with Crippen LogP contribution in [0.2, 0.25) is 5.02 Å². The third-order valence-electron chi connectivity index (χ3n) is 3.17. The van der Waals surface area contributed by atoms with E-state index < -0.39 is 23.9 Å². The molecule has 1 aliphatic heterocycles. The van der Waals surface area contributed by atoms with Crippen molar-refractivity contribution in [2.75, 3.05) is 5.75 Å². The number of carbonyl (C=O) groups excluding carboxylic acids is 1. The van der Waals surface area contributed by atoms with E-state index in [-0.39, 0.29) is 16.9 Å². The highest BCUT2D eigenvalue weighted by Crippen LogP contribution is 2.28. The maximum absolute atomic E-state index is 13.0. The Hall–Kier alpha value is -1.47. The summed E-state index contributed by atoms with van der Waals surface area (Å²) in [6, 6.07) is 2.87. The Balaban J connectivity index is 2.00. The van der Waals surface area contributed by atoms with Gasteiger partial charge in [0.1, 0.15) is 11.9 Å². The highest BCUT2D eigenvalue weighted by molar-refractivity contribution is 8.00. The SMILES string of the molecule is CC1SCC(C(=O)O)N1C(=O)NCc1ccc(F)c(Cl)c1. The van der Waals surface area contributed by atoms with Gasteiger partial charge in [-0.05, 0) is 24.6 Å². The average Bonchev–Trinajstić information content (AvgIpc) is 2.82. The molecule has 2 N–H and O–H groups in total. The second kappa shape index (κ2) is 6.53. The number of urea groups is 1. The number of hydrogen-bond donors (Lipinski definition) is 2. The molecule has 8 heteroatoms. The van der Waals surface area contributed by atoms with E-state index in [1.165, 1.54) is 34.9 Å². The first-order valence-corrected chi connectivity index (χ1v) is 7.67. The van der Waals surface area contributed by atoms with E-state index in [0.29, 0.717) is 11.3 Å². The summed E-state index contributed by atoms with van der Waals surface area (Å²) in [7, 11) is 0. The summed E-state index contributed by atoms with van der Waals surface area (Å²) in [5, 5.41) is 11.5. The first-order valence-electron chi connectivity index (χ1n) is 6.24. The van der Waals surface area contributed by atoms with Gasteiger partial charge in [-0.15, -0.1) is 11.8 Å². The predicted octanol–water partition coefficient (Wildman–Crippen LogP) is 2.54. The minimum Gasteiger partial charge on any atom is -0.480 e. The van der Waals surface area contributed by atoms with Crippen LogP contribution in [-0.2, 0) is 11.3 Å². The number of carbonyl (C=O) groups is 2. The molecule has 2 unspecified atom stereocenters. The molecular formula is C13H14ClFN2O3S. The van der Waals surface area contributed by atoms with Crippen LogP contribution in [0.3, 0.4) is 0 Å². The highest BCUT2D eigenvalue weighted by Gasteiger charge is 2.39. The topological polar surface area (TPSA) is 69.6 Å². The van der Waals surface area contributed by atoms with Gasteiger partial charge in [0.2, 0.25) is 0 Å². The Kier molecular flexibility index (Phi) is 4.95. The first kappa shape index (κ1) is 15.9. The number of nitrogens with one attached hydrogen (secondary N) is 1. The molecule has 1 aromatic rings. The quantitative estimate of drug-likeness (QED) is 0.892. The molecule has 0 saturated carbocycles. The van der Waals surface area contributed by atoms with Gasteiger partial charge >= 0.3 is 12.0 Å². The maximum Gasteiger partial charge on any atom is 0.327 e.